The number of carbonyl (C=O) groups excluding carboxylic acids is 4. The van der Waals surface area contributed by atoms with Crippen LogP contribution < -0.4 is 24.4 Å². The normalized spacial score (nSPS) is 24.2. The number of anilines is 1. The minimum atomic E-state index is -1.86. The van der Waals surface area contributed by atoms with Crippen molar-refractivity contribution in [3.05, 3.63) is 191 Å². The lowest BCUT2D eigenvalue weighted by Crippen LogP contribution is -2.59. The molecule has 14 heteroatoms. The first-order chi connectivity index (χ1) is 34.3. The second kappa shape index (κ2) is 18.8. The Balaban J connectivity index is 1.07. The average molecular weight is 940 g/mol. The summed E-state index contributed by atoms with van der Waals surface area (Å²) in [6, 6.07) is 44.9. The SMILES string of the molecule is CC(NC(=O)N1C(=O)C2(c3ccccc31)C(C(=O)N1CCN(Cc3ccc4c(c3)OCO4)CC1)C1C(=O)OC(c3ccccc3)C(c3ccccc3)N1C2c1ccc(OCCO)cc1)c1ccccc1. The molecule has 70 heavy (non-hydrogen) atoms. The van der Waals surface area contributed by atoms with E-state index in [1.54, 1.807) is 29.2 Å². The number of imide groups is 1. The lowest BCUT2D eigenvalue weighted by Gasteiger charge is -2.46. The Bertz CT molecular complexity index is 2900. The van der Waals surface area contributed by atoms with Crippen molar-refractivity contribution in [2.75, 3.05) is 51.1 Å². The zero-order valence-electron chi connectivity index (χ0n) is 38.6. The van der Waals surface area contributed by atoms with Crippen molar-refractivity contribution in [1.29, 1.82) is 0 Å². The van der Waals surface area contributed by atoms with Crippen LogP contribution in [0.25, 0.3) is 0 Å². The first kappa shape index (κ1) is 45.0. The second-order valence-electron chi connectivity index (χ2n) is 18.4. The standard InChI is InChI=1S/C56H53N5O9/c1-36(38-13-5-2-6-14-38)57-55(66)60-44-20-12-11-19-43(44)56(54(60)65)47(52(63)59-29-27-58(28-30-59)34-37-21-26-45-46(33-37)69-35-68-45)49-53(64)70-50(40-17-9-4-10-18-40)48(39-15-7-3-8-16-39)61(49)51(56)41-22-24-42(25-23-41)67-32-31-62/h2-26,33,36,47-51,62H,27-32,34-35H2,1H3,(H,57,66). The highest BCUT2D eigenvalue weighted by molar-refractivity contribution is 6.24. The van der Waals surface area contributed by atoms with Crippen molar-refractivity contribution in [1.82, 2.24) is 20.0 Å². The van der Waals surface area contributed by atoms with Gasteiger partial charge in [0.25, 0.3) is 0 Å². The van der Waals surface area contributed by atoms with Gasteiger partial charge in [-0.15, -0.1) is 0 Å². The smallest absolute Gasteiger partial charge is 0.329 e. The number of fused-ring (bicyclic) bond motifs is 4. The predicted molar refractivity (Wildman–Crippen MR) is 259 cm³/mol. The van der Waals surface area contributed by atoms with E-state index in [-0.39, 0.29) is 25.9 Å². The Labute approximate surface area is 405 Å². The molecule has 7 atom stereocenters. The maximum Gasteiger partial charge on any atom is 0.329 e. The number of nitrogens with zero attached hydrogens (tertiary/aromatic N) is 4. The van der Waals surface area contributed by atoms with E-state index in [9.17, 15) is 9.90 Å². The Morgan fingerprint density at radius 3 is 2.11 bits per heavy atom. The molecule has 0 bridgehead atoms. The lowest BCUT2D eigenvalue weighted by atomic mass is 9.65. The molecule has 0 saturated carbocycles. The number of benzene rings is 6. The van der Waals surface area contributed by atoms with Gasteiger partial charge in [-0.25, -0.2) is 9.69 Å². The van der Waals surface area contributed by atoms with Crippen molar-refractivity contribution >= 4 is 29.5 Å². The number of urea groups is 1. The van der Waals surface area contributed by atoms with Gasteiger partial charge in [-0.2, -0.15) is 0 Å². The molecule has 5 aliphatic heterocycles. The molecule has 6 aromatic carbocycles. The number of hydrogen-bond donors (Lipinski definition) is 2. The van der Waals surface area contributed by atoms with Crippen molar-refractivity contribution in [2.45, 2.75) is 49.2 Å². The van der Waals surface area contributed by atoms with Gasteiger partial charge in [-0.05, 0) is 70.6 Å². The van der Waals surface area contributed by atoms with Crippen molar-refractivity contribution in [2.24, 2.45) is 5.92 Å². The molecule has 5 aliphatic rings. The first-order valence-electron chi connectivity index (χ1n) is 23.9. The van der Waals surface area contributed by atoms with Gasteiger partial charge in [-0.1, -0.05) is 127 Å². The number of morpholine rings is 1. The third-order valence-electron chi connectivity index (χ3n) is 14.6. The van der Waals surface area contributed by atoms with Crippen LogP contribution in [-0.4, -0.2) is 95.8 Å². The van der Waals surface area contributed by atoms with Crippen LogP contribution in [0.1, 0.15) is 64.5 Å². The monoisotopic (exact) mass is 939 g/mol. The summed E-state index contributed by atoms with van der Waals surface area (Å²) < 4.78 is 23.7. The third kappa shape index (κ3) is 7.72. The van der Waals surface area contributed by atoms with Gasteiger partial charge >= 0.3 is 12.0 Å². The van der Waals surface area contributed by atoms with E-state index < -0.39 is 59.5 Å². The number of ether oxygens (including phenoxy) is 4. The maximum atomic E-state index is 16.6. The maximum absolute atomic E-state index is 16.6. The van der Waals surface area contributed by atoms with Gasteiger partial charge in [0.05, 0.1) is 36.3 Å². The van der Waals surface area contributed by atoms with Gasteiger partial charge < -0.3 is 34.3 Å². The minimum Gasteiger partial charge on any atom is -0.491 e. The first-order valence-corrected chi connectivity index (χ1v) is 23.9. The summed E-state index contributed by atoms with van der Waals surface area (Å²) in [7, 11) is 0. The molecule has 0 radical (unpaired) electrons. The quantitative estimate of drug-likeness (QED) is 0.126. The van der Waals surface area contributed by atoms with E-state index in [1.807, 2.05) is 145 Å². The van der Waals surface area contributed by atoms with Crippen LogP contribution >= 0.6 is 0 Å². The molecule has 14 nitrogen and oxygen atoms in total. The van der Waals surface area contributed by atoms with Gasteiger partial charge in [-0.3, -0.25) is 24.2 Å². The fourth-order valence-electron chi connectivity index (χ4n) is 11.4. The fraction of sp³-hybridized carbons (Fsp3) is 0.286. The largest absolute Gasteiger partial charge is 0.491 e. The van der Waals surface area contributed by atoms with Crippen LogP contribution in [0.5, 0.6) is 17.2 Å². The number of esters is 1. The van der Waals surface area contributed by atoms with Crippen molar-refractivity contribution in [3.8, 4) is 17.2 Å². The highest BCUT2D eigenvalue weighted by Crippen LogP contribution is 2.66. The number of para-hydroxylation sites is 1. The number of piperazine rings is 1. The highest BCUT2D eigenvalue weighted by atomic mass is 16.7. The molecule has 5 heterocycles. The number of cyclic esters (lactones) is 1. The molecule has 4 amide bonds. The van der Waals surface area contributed by atoms with Gasteiger partial charge in [0, 0.05) is 32.7 Å². The summed E-state index contributed by atoms with van der Waals surface area (Å²) in [5, 5.41) is 12.7. The summed E-state index contributed by atoms with van der Waals surface area (Å²) in [4.78, 5) is 70.5. The van der Waals surface area contributed by atoms with E-state index in [4.69, 9.17) is 18.9 Å². The number of amides is 4. The van der Waals surface area contributed by atoms with Crippen LogP contribution in [0.4, 0.5) is 10.5 Å². The lowest BCUT2D eigenvalue weighted by molar-refractivity contribution is -0.179. The average Bonchev–Trinajstić information content (AvgIpc) is 4.08. The highest BCUT2D eigenvalue weighted by Gasteiger charge is 2.76. The summed E-state index contributed by atoms with van der Waals surface area (Å²) in [5.74, 6) is -1.12. The summed E-state index contributed by atoms with van der Waals surface area (Å²) in [6.07, 6.45) is -0.856. The molecule has 0 aliphatic carbocycles. The summed E-state index contributed by atoms with van der Waals surface area (Å²) >= 11 is 0. The number of rotatable bonds is 11. The Kier molecular flexibility index (Phi) is 12.0. The molecule has 2 N–H and O–H groups in total. The fourth-order valence-corrected chi connectivity index (χ4v) is 11.4. The molecule has 356 valence electrons. The Morgan fingerprint density at radius 2 is 1.40 bits per heavy atom. The number of hydrogen-bond acceptors (Lipinski definition) is 11. The zero-order chi connectivity index (χ0) is 47.9. The topological polar surface area (TPSA) is 150 Å². The Hall–Kier alpha value is -7.52. The van der Waals surface area contributed by atoms with Crippen LogP contribution in [0.15, 0.2) is 158 Å². The number of aliphatic hydroxyl groups is 1. The molecule has 11 rings (SSSR count). The molecular weight excluding hydrogens is 887 g/mol. The summed E-state index contributed by atoms with van der Waals surface area (Å²) in [6.45, 7) is 4.23. The van der Waals surface area contributed by atoms with Crippen molar-refractivity contribution < 1.29 is 43.2 Å². The number of aliphatic hydroxyl groups excluding tert-OH is 1. The van der Waals surface area contributed by atoms with E-state index >= 15 is 14.4 Å². The molecule has 7 unspecified atom stereocenters. The molecule has 1 spiro atoms. The third-order valence-corrected chi connectivity index (χ3v) is 14.6. The zero-order valence-corrected chi connectivity index (χ0v) is 38.6. The van der Waals surface area contributed by atoms with Crippen LogP contribution in [-0.2, 0) is 31.1 Å². The van der Waals surface area contributed by atoms with E-state index in [0.29, 0.717) is 66.8 Å². The number of carbonyl (C=O) groups is 4. The minimum absolute atomic E-state index is 0.0689. The van der Waals surface area contributed by atoms with Gasteiger partial charge in [0.1, 0.15) is 29.9 Å². The van der Waals surface area contributed by atoms with Gasteiger partial charge in [0.15, 0.2) is 11.5 Å². The van der Waals surface area contributed by atoms with Crippen molar-refractivity contribution in [3.63, 3.8) is 0 Å². The molecule has 0 aromatic heterocycles. The van der Waals surface area contributed by atoms with E-state index in [0.717, 1.165) is 22.3 Å². The summed E-state index contributed by atoms with van der Waals surface area (Å²) in [5.41, 5.74) is 2.99. The molecule has 3 saturated heterocycles. The van der Waals surface area contributed by atoms with E-state index in [1.165, 1.54) is 4.90 Å². The number of nitrogens with one attached hydrogen (secondary N) is 1. The van der Waals surface area contributed by atoms with Crippen LogP contribution in [0.2, 0.25) is 0 Å². The molecular formula is C56H53N5O9. The molecule has 6 aromatic rings. The molecule has 3 fully saturated rings. The van der Waals surface area contributed by atoms with Crippen LogP contribution in [0, 0.1) is 5.92 Å². The van der Waals surface area contributed by atoms with Gasteiger partial charge in [0.2, 0.25) is 18.6 Å². The van der Waals surface area contributed by atoms with E-state index in [2.05, 4.69) is 10.2 Å². The van der Waals surface area contributed by atoms with Crippen LogP contribution in [0.3, 0.4) is 0 Å². The second-order valence-corrected chi connectivity index (χ2v) is 18.4. The predicted octanol–water partition coefficient (Wildman–Crippen LogP) is 7.27. The Morgan fingerprint density at radius 1 is 0.743 bits per heavy atom.